The fourth-order valence-electron chi connectivity index (χ4n) is 2.81. The van der Waals surface area contributed by atoms with E-state index in [4.69, 9.17) is 14.7 Å². The number of nitrogens with zero attached hydrogens (tertiary/aromatic N) is 4. The molecule has 0 spiro atoms. The Kier molecular flexibility index (Phi) is 5.39. The molecule has 2 heterocycles. The molecule has 0 saturated heterocycles. The lowest BCUT2D eigenvalue weighted by atomic mass is 10.1. The van der Waals surface area contributed by atoms with Crippen LogP contribution in [0, 0.1) is 0 Å². The number of thiazole rings is 1. The van der Waals surface area contributed by atoms with Crippen molar-refractivity contribution in [2.24, 2.45) is 0 Å². The molecule has 0 aliphatic carbocycles. The van der Waals surface area contributed by atoms with E-state index in [1.807, 2.05) is 79.7 Å². The Hall–Kier alpha value is -3.45. The predicted molar refractivity (Wildman–Crippen MR) is 119 cm³/mol. The molecule has 0 bridgehead atoms. The van der Waals surface area contributed by atoms with Gasteiger partial charge in [0.15, 0.2) is 5.13 Å². The van der Waals surface area contributed by atoms with Gasteiger partial charge >= 0.3 is 0 Å². The second kappa shape index (κ2) is 8.28. The number of nitrogens with one attached hydrogen (secondary N) is 1. The lowest BCUT2D eigenvalue weighted by Crippen LogP contribution is -2.07. The van der Waals surface area contributed by atoms with E-state index in [0.29, 0.717) is 5.95 Å². The molecule has 0 fully saturated rings. The number of benzene rings is 2. The number of anilines is 3. The Morgan fingerprint density at radius 2 is 1.69 bits per heavy atom. The summed E-state index contributed by atoms with van der Waals surface area (Å²) in [5, 5.41) is 4.17. The van der Waals surface area contributed by atoms with Gasteiger partial charge in [0.1, 0.15) is 5.75 Å². The van der Waals surface area contributed by atoms with E-state index >= 15 is 0 Å². The summed E-state index contributed by atoms with van der Waals surface area (Å²) in [7, 11) is 5.64. The maximum atomic E-state index is 5.28. The van der Waals surface area contributed by atoms with E-state index in [2.05, 4.69) is 10.3 Å². The van der Waals surface area contributed by atoms with Crippen molar-refractivity contribution in [3.63, 3.8) is 0 Å². The minimum Gasteiger partial charge on any atom is -0.497 e. The summed E-state index contributed by atoms with van der Waals surface area (Å²) < 4.78 is 5.28. The molecule has 0 amide bonds. The smallest absolute Gasteiger partial charge is 0.227 e. The van der Waals surface area contributed by atoms with Gasteiger partial charge in [-0.2, -0.15) is 0 Å². The Bertz CT molecular complexity index is 1090. The zero-order valence-electron chi connectivity index (χ0n) is 16.5. The van der Waals surface area contributed by atoms with Crippen LogP contribution in [0.3, 0.4) is 0 Å². The molecule has 2 aromatic carbocycles. The van der Waals surface area contributed by atoms with Crippen molar-refractivity contribution >= 4 is 28.1 Å². The third-order valence-corrected chi connectivity index (χ3v) is 5.53. The first kappa shape index (κ1) is 18.9. The van der Waals surface area contributed by atoms with E-state index in [-0.39, 0.29) is 0 Å². The Morgan fingerprint density at radius 1 is 0.931 bits per heavy atom. The molecule has 2 aromatic heterocycles. The average molecular weight is 404 g/mol. The molecule has 4 aromatic rings. The molecular formula is C22H21N5OS. The second-order valence-corrected chi connectivity index (χ2v) is 7.53. The summed E-state index contributed by atoms with van der Waals surface area (Å²) >= 11 is 1.61. The number of ether oxygens (including phenoxy) is 1. The van der Waals surface area contributed by atoms with Gasteiger partial charge in [0.25, 0.3) is 0 Å². The highest BCUT2D eigenvalue weighted by molar-refractivity contribution is 7.19. The van der Waals surface area contributed by atoms with Crippen molar-refractivity contribution in [2.75, 3.05) is 31.4 Å². The molecule has 29 heavy (non-hydrogen) atoms. The van der Waals surface area contributed by atoms with E-state index < -0.39 is 0 Å². The van der Waals surface area contributed by atoms with Gasteiger partial charge in [-0.05, 0) is 42.5 Å². The van der Waals surface area contributed by atoms with Gasteiger partial charge in [-0.25, -0.2) is 15.0 Å². The zero-order valence-corrected chi connectivity index (χ0v) is 17.3. The van der Waals surface area contributed by atoms with E-state index in [9.17, 15) is 0 Å². The summed E-state index contributed by atoms with van der Waals surface area (Å²) in [6.45, 7) is 0. The van der Waals surface area contributed by atoms with E-state index in [1.54, 1.807) is 24.6 Å². The van der Waals surface area contributed by atoms with Crippen LogP contribution in [0.5, 0.6) is 5.75 Å². The number of aromatic nitrogens is 3. The molecule has 4 rings (SSSR count). The fourth-order valence-corrected chi connectivity index (χ4v) is 3.79. The summed E-state index contributed by atoms with van der Waals surface area (Å²) in [6, 6.07) is 19.7. The number of rotatable bonds is 6. The standard InChI is InChI=1S/C22H21N5OS/c1-27(2)22-26-19(15-9-11-17(28-3)12-10-15)20(29-22)18-13-14-23-21(25-18)24-16-7-5-4-6-8-16/h4-14H,1-3H3,(H,23,24,25). The van der Waals surface area contributed by atoms with Crippen LogP contribution in [0.1, 0.15) is 0 Å². The van der Waals surface area contributed by atoms with Gasteiger partial charge in [0, 0.05) is 31.5 Å². The van der Waals surface area contributed by atoms with Crippen LogP contribution in [0.4, 0.5) is 16.8 Å². The largest absolute Gasteiger partial charge is 0.497 e. The highest BCUT2D eigenvalue weighted by Gasteiger charge is 2.18. The van der Waals surface area contributed by atoms with Gasteiger partial charge in [-0.1, -0.05) is 29.5 Å². The molecule has 0 radical (unpaired) electrons. The summed E-state index contributed by atoms with van der Waals surface area (Å²) in [5.74, 6) is 1.36. The first-order valence-corrected chi connectivity index (χ1v) is 9.94. The number of methoxy groups -OCH3 is 1. The monoisotopic (exact) mass is 403 g/mol. The molecule has 0 aliphatic heterocycles. The quantitative estimate of drug-likeness (QED) is 0.484. The van der Waals surface area contributed by atoms with Gasteiger partial charge in [-0.15, -0.1) is 0 Å². The third kappa shape index (κ3) is 4.20. The average Bonchev–Trinajstić information content (AvgIpc) is 3.21. The predicted octanol–water partition coefficient (Wildman–Crippen LogP) is 5.09. The molecule has 0 aliphatic rings. The first-order chi connectivity index (χ1) is 14.1. The number of hydrogen-bond acceptors (Lipinski definition) is 7. The van der Waals surface area contributed by atoms with Crippen molar-refractivity contribution in [3.8, 4) is 27.6 Å². The SMILES string of the molecule is COc1ccc(-c2nc(N(C)C)sc2-c2ccnc(Nc3ccccc3)n2)cc1. The second-order valence-electron chi connectivity index (χ2n) is 6.55. The molecule has 0 unspecified atom stereocenters. The van der Waals surface area contributed by atoms with Crippen LogP contribution < -0.4 is 15.0 Å². The lowest BCUT2D eigenvalue weighted by Gasteiger charge is -2.07. The lowest BCUT2D eigenvalue weighted by molar-refractivity contribution is 0.415. The van der Waals surface area contributed by atoms with Crippen LogP contribution >= 0.6 is 11.3 Å². The van der Waals surface area contributed by atoms with E-state index in [1.165, 1.54) is 0 Å². The maximum Gasteiger partial charge on any atom is 0.227 e. The molecule has 0 saturated carbocycles. The van der Waals surface area contributed by atoms with Crippen LogP contribution in [0.2, 0.25) is 0 Å². The Labute approximate surface area is 173 Å². The van der Waals surface area contributed by atoms with Gasteiger partial charge < -0.3 is 15.0 Å². The minimum atomic E-state index is 0.550. The first-order valence-electron chi connectivity index (χ1n) is 9.12. The van der Waals surface area contributed by atoms with Gasteiger partial charge in [0.05, 0.1) is 23.4 Å². The number of hydrogen-bond donors (Lipinski definition) is 1. The Balaban J connectivity index is 1.74. The summed E-state index contributed by atoms with van der Waals surface area (Å²) in [5.41, 5.74) is 3.68. The van der Waals surface area contributed by atoms with Crippen molar-refractivity contribution in [3.05, 3.63) is 66.9 Å². The van der Waals surface area contributed by atoms with Crippen molar-refractivity contribution in [1.82, 2.24) is 15.0 Å². The molecule has 7 heteroatoms. The molecule has 0 atom stereocenters. The molecule has 146 valence electrons. The van der Waals surface area contributed by atoms with Gasteiger partial charge in [0.2, 0.25) is 5.95 Å². The van der Waals surface area contributed by atoms with Crippen LogP contribution in [-0.2, 0) is 0 Å². The molecule has 1 N–H and O–H groups in total. The highest BCUT2D eigenvalue weighted by atomic mass is 32.1. The topological polar surface area (TPSA) is 63.2 Å². The zero-order chi connectivity index (χ0) is 20.2. The summed E-state index contributed by atoms with van der Waals surface area (Å²) in [4.78, 5) is 16.9. The normalized spacial score (nSPS) is 10.6. The third-order valence-electron chi connectivity index (χ3n) is 4.28. The molecular weight excluding hydrogens is 382 g/mol. The van der Waals surface area contributed by atoms with Crippen LogP contribution in [0.25, 0.3) is 21.8 Å². The van der Waals surface area contributed by atoms with E-state index in [0.717, 1.165) is 38.4 Å². The Morgan fingerprint density at radius 3 is 2.38 bits per heavy atom. The van der Waals surface area contributed by atoms with Crippen molar-refractivity contribution < 1.29 is 4.74 Å². The molecule has 6 nitrogen and oxygen atoms in total. The highest BCUT2D eigenvalue weighted by Crippen LogP contribution is 2.39. The van der Waals surface area contributed by atoms with Crippen LogP contribution in [0.15, 0.2) is 66.9 Å². The van der Waals surface area contributed by atoms with Crippen LogP contribution in [-0.4, -0.2) is 36.2 Å². The maximum absolute atomic E-state index is 5.28. The number of para-hydroxylation sites is 1. The fraction of sp³-hybridized carbons (Fsp3) is 0.136. The van der Waals surface area contributed by atoms with Crippen molar-refractivity contribution in [2.45, 2.75) is 0 Å². The van der Waals surface area contributed by atoms with Crippen molar-refractivity contribution in [1.29, 1.82) is 0 Å². The van der Waals surface area contributed by atoms with Gasteiger partial charge in [-0.3, -0.25) is 0 Å². The summed E-state index contributed by atoms with van der Waals surface area (Å²) in [6.07, 6.45) is 1.76. The minimum absolute atomic E-state index is 0.550.